The van der Waals surface area contributed by atoms with Crippen LogP contribution in [0.25, 0.3) is 0 Å². The Kier molecular flexibility index (Phi) is 10.7. The minimum Gasteiger partial charge on any atom is -0.549 e. The number of hydrogen-bond donors (Lipinski definition) is 1. The van der Waals surface area contributed by atoms with Gasteiger partial charge in [0.15, 0.2) is 0 Å². The SMILES string of the molecule is CCCCCCCCCCCCC(C(=O)[O-])S(=O)(=O)O. The van der Waals surface area contributed by atoms with Gasteiger partial charge >= 0.3 is 0 Å². The van der Waals surface area contributed by atoms with Crippen molar-refractivity contribution in [3.63, 3.8) is 0 Å². The van der Waals surface area contributed by atoms with E-state index in [2.05, 4.69) is 6.92 Å². The average molecular weight is 307 g/mol. The van der Waals surface area contributed by atoms with E-state index >= 15 is 0 Å². The van der Waals surface area contributed by atoms with Crippen molar-refractivity contribution in [3.8, 4) is 0 Å². The quantitative estimate of drug-likeness (QED) is 0.416. The molecule has 6 heteroatoms. The molecule has 0 bridgehead atoms. The molecular formula is C14H27O5S-. The van der Waals surface area contributed by atoms with Crippen LogP contribution in [-0.4, -0.2) is 24.2 Å². The number of aliphatic carboxylic acids is 1. The van der Waals surface area contributed by atoms with Crippen molar-refractivity contribution in [2.75, 3.05) is 0 Å². The topological polar surface area (TPSA) is 94.5 Å². The number of rotatable bonds is 13. The van der Waals surface area contributed by atoms with Gasteiger partial charge in [0.1, 0.15) is 5.25 Å². The van der Waals surface area contributed by atoms with Gasteiger partial charge in [0, 0.05) is 0 Å². The van der Waals surface area contributed by atoms with Crippen molar-refractivity contribution in [1.82, 2.24) is 0 Å². The highest BCUT2D eigenvalue weighted by molar-refractivity contribution is 7.87. The van der Waals surface area contributed by atoms with Gasteiger partial charge in [-0.25, -0.2) is 0 Å². The molecular weight excluding hydrogens is 280 g/mol. The largest absolute Gasteiger partial charge is 0.549 e. The van der Waals surface area contributed by atoms with Crippen molar-refractivity contribution in [2.24, 2.45) is 0 Å². The predicted octanol–water partition coefficient (Wildman–Crippen LogP) is 2.30. The van der Waals surface area contributed by atoms with Gasteiger partial charge in [-0.15, -0.1) is 0 Å². The Morgan fingerprint density at radius 2 is 1.35 bits per heavy atom. The number of carboxylic acids is 1. The van der Waals surface area contributed by atoms with Crippen LogP contribution in [0.3, 0.4) is 0 Å². The Labute approximate surface area is 122 Å². The monoisotopic (exact) mass is 307 g/mol. The van der Waals surface area contributed by atoms with E-state index in [9.17, 15) is 18.3 Å². The summed E-state index contributed by atoms with van der Waals surface area (Å²) in [7, 11) is -4.54. The minimum atomic E-state index is -4.54. The lowest BCUT2D eigenvalue weighted by Crippen LogP contribution is -2.40. The van der Waals surface area contributed by atoms with Crippen LogP contribution in [-0.2, 0) is 14.9 Å². The molecule has 0 aliphatic heterocycles. The third kappa shape index (κ3) is 10.2. The lowest BCUT2D eigenvalue weighted by atomic mass is 10.1. The molecule has 0 radical (unpaired) electrons. The van der Waals surface area contributed by atoms with Crippen molar-refractivity contribution in [2.45, 2.75) is 82.8 Å². The highest BCUT2D eigenvalue weighted by Gasteiger charge is 2.23. The zero-order valence-corrected chi connectivity index (χ0v) is 13.2. The fourth-order valence-electron chi connectivity index (χ4n) is 2.21. The first-order valence-electron chi connectivity index (χ1n) is 7.56. The number of unbranched alkanes of at least 4 members (excludes halogenated alkanes) is 9. The summed E-state index contributed by atoms with van der Waals surface area (Å²) in [5.74, 6) is -1.72. The molecule has 0 rings (SSSR count). The fourth-order valence-corrected chi connectivity index (χ4v) is 2.91. The molecule has 0 heterocycles. The molecule has 5 nitrogen and oxygen atoms in total. The van der Waals surface area contributed by atoms with E-state index in [1.165, 1.54) is 38.5 Å². The molecule has 0 spiro atoms. The summed E-state index contributed by atoms with van der Waals surface area (Å²) in [6.07, 6.45) is 10.8. The third-order valence-corrected chi connectivity index (χ3v) is 4.59. The number of carboxylic acid groups (broad SMARTS) is 1. The summed E-state index contributed by atoms with van der Waals surface area (Å²) in [4.78, 5) is 10.6. The van der Waals surface area contributed by atoms with Crippen molar-refractivity contribution in [3.05, 3.63) is 0 Å². The van der Waals surface area contributed by atoms with E-state index in [0.717, 1.165) is 19.3 Å². The summed E-state index contributed by atoms with van der Waals surface area (Å²) in [5, 5.41) is 8.81. The van der Waals surface area contributed by atoms with Gasteiger partial charge in [0.2, 0.25) is 0 Å². The van der Waals surface area contributed by atoms with E-state index < -0.39 is 21.3 Å². The Morgan fingerprint density at radius 1 is 0.950 bits per heavy atom. The molecule has 120 valence electrons. The Balaban J connectivity index is 3.54. The van der Waals surface area contributed by atoms with Gasteiger partial charge in [-0.3, -0.25) is 4.55 Å². The molecule has 0 aliphatic rings. The minimum absolute atomic E-state index is 0.0718. The molecule has 0 aromatic rings. The van der Waals surface area contributed by atoms with E-state index in [4.69, 9.17) is 4.55 Å². The molecule has 0 aliphatic carbocycles. The van der Waals surface area contributed by atoms with Crippen LogP contribution in [0.1, 0.15) is 77.6 Å². The predicted molar refractivity (Wildman–Crippen MR) is 76.8 cm³/mol. The molecule has 20 heavy (non-hydrogen) atoms. The van der Waals surface area contributed by atoms with Crippen LogP contribution < -0.4 is 5.11 Å². The van der Waals surface area contributed by atoms with Gasteiger partial charge in [0.25, 0.3) is 10.1 Å². The van der Waals surface area contributed by atoms with Gasteiger partial charge in [-0.1, -0.05) is 71.1 Å². The standard InChI is InChI=1S/C14H28O5S/c1-2-3-4-5-6-7-8-9-10-11-12-13(14(15)16)20(17,18)19/h13H,2-12H2,1H3,(H,15,16)(H,17,18,19)/p-1. The van der Waals surface area contributed by atoms with Crippen LogP contribution in [0, 0.1) is 0 Å². The lowest BCUT2D eigenvalue weighted by Gasteiger charge is -2.14. The summed E-state index contributed by atoms with van der Waals surface area (Å²) in [6.45, 7) is 2.19. The summed E-state index contributed by atoms with van der Waals surface area (Å²) in [6, 6.07) is 0. The van der Waals surface area contributed by atoms with Gasteiger partial charge in [-0.2, -0.15) is 8.42 Å². The molecule has 1 unspecified atom stereocenters. The first kappa shape index (κ1) is 19.4. The van der Waals surface area contributed by atoms with Crippen LogP contribution in [0.15, 0.2) is 0 Å². The molecule has 0 fully saturated rings. The van der Waals surface area contributed by atoms with Crippen molar-refractivity contribution >= 4 is 16.1 Å². The molecule has 1 atom stereocenters. The molecule has 0 aromatic heterocycles. The van der Waals surface area contributed by atoms with Gasteiger partial charge in [-0.05, 0) is 6.42 Å². The zero-order chi connectivity index (χ0) is 15.4. The maximum absolute atomic E-state index is 10.8. The van der Waals surface area contributed by atoms with E-state index in [-0.39, 0.29) is 6.42 Å². The lowest BCUT2D eigenvalue weighted by molar-refractivity contribution is -0.305. The summed E-state index contributed by atoms with van der Waals surface area (Å²) >= 11 is 0. The number of hydrogen-bond acceptors (Lipinski definition) is 4. The van der Waals surface area contributed by atoms with Crippen molar-refractivity contribution in [1.29, 1.82) is 0 Å². The highest BCUT2D eigenvalue weighted by atomic mass is 32.2. The first-order valence-corrected chi connectivity index (χ1v) is 9.07. The summed E-state index contributed by atoms with van der Waals surface area (Å²) < 4.78 is 30.3. The second-order valence-corrected chi connectivity index (χ2v) is 6.89. The number of carbonyl (C=O) groups is 1. The molecule has 0 saturated carbocycles. The van der Waals surface area contributed by atoms with E-state index in [1.54, 1.807) is 0 Å². The Hall–Kier alpha value is -0.620. The summed E-state index contributed by atoms with van der Waals surface area (Å²) in [5.41, 5.74) is 0. The smallest absolute Gasteiger partial charge is 0.273 e. The third-order valence-electron chi connectivity index (χ3n) is 3.44. The normalized spacial score (nSPS) is 13.3. The van der Waals surface area contributed by atoms with Gasteiger partial charge in [0.05, 0.1) is 5.97 Å². The fraction of sp³-hybridized carbons (Fsp3) is 0.929. The maximum Gasteiger partial charge on any atom is 0.273 e. The molecule has 0 amide bonds. The Morgan fingerprint density at radius 3 is 1.70 bits per heavy atom. The average Bonchev–Trinajstić information content (AvgIpc) is 2.34. The van der Waals surface area contributed by atoms with Gasteiger partial charge < -0.3 is 9.90 Å². The molecule has 1 N–H and O–H groups in total. The second kappa shape index (κ2) is 11.1. The van der Waals surface area contributed by atoms with Crippen LogP contribution in [0.4, 0.5) is 0 Å². The van der Waals surface area contributed by atoms with Crippen molar-refractivity contribution < 1.29 is 22.9 Å². The van der Waals surface area contributed by atoms with Crippen LogP contribution >= 0.6 is 0 Å². The Bertz CT molecular complexity index is 351. The highest BCUT2D eigenvalue weighted by Crippen LogP contribution is 2.14. The van der Waals surface area contributed by atoms with E-state index in [1.807, 2.05) is 0 Å². The van der Waals surface area contributed by atoms with Crippen LogP contribution in [0.5, 0.6) is 0 Å². The first-order chi connectivity index (χ1) is 9.39. The van der Waals surface area contributed by atoms with Crippen LogP contribution in [0.2, 0.25) is 0 Å². The molecule has 0 saturated heterocycles. The number of carbonyl (C=O) groups excluding carboxylic acids is 1. The molecule has 0 aromatic carbocycles. The second-order valence-electron chi connectivity index (χ2n) is 5.29. The van der Waals surface area contributed by atoms with E-state index in [0.29, 0.717) is 6.42 Å². The maximum atomic E-state index is 10.8. The zero-order valence-electron chi connectivity index (χ0n) is 12.3.